The van der Waals surface area contributed by atoms with Crippen molar-refractivity contribution in [3.8, 4) is 5.75 Å². The van der Waals surface area contributed by atoms with Crippen LogP contribution >= 0.6 is 24.0 Å². The van der Waals surface area contributed by atoms with Gasteiger partial charge in [0.05, 0.1) is 16.9 Å². The van der Waals surface area contributed by atoms with Crippen LogP contribution in [0.25, 0.3) is 10.8 Å². The van der Waals surface area contributed by atoms with Gasteiger partial charge >= 0.3 is 0 Å². The second-order valence-corrected chi connectivity index (χ2v) is 8.21. The molecule has 1 fully saturated rings. The summed E-state index contributed by atoms with van der Waals surface area (Å²) >= 11 is 6.27. The molecule has 1 aromatic carbocycles. The van der Waals surface area contributed by atoms with E-state index in [-0.39, 0.29) is 22.5 Å². The quantitative estimate of drug-likeness (QED) is 0.753. The van der Waals surface area contributed by atoms with Gasteiger partial charge in [-0.05, 0) is 37.6 Å². The van der Waals surface area contributed by atoms with Gasteiger partial charge in [-0.15, -0.1) is 12.4 Å². The minimum absolute atomic E-state index is 0. The SMILES string of the molecule is CCCOc1ccc(S(=O)(=O)N2CCCNCC2)c2ccnc(Cl)c12.Cl. The fraction of sp³-hybridized carbons (Fsp3) is 0.471. The molecule has 0 amide bonds. The molecule has 1 aromatic heterocycles. The Labute approximate surface area is 165 Å². The lowest BCUT2D eigenvalue weighted by Crippen LogP contribution is -2.34. The molecule has 1 aliphatic heterocycles. The summed E-state index contributed by atoms with van der Waals surface area (Å²) in [6.45, 7) is 4.97. The van der Waals surface area contributed by atoms with Gasteiger partial charge in [-0.1, -0.05) is 18.5 Å². The summed E-state index contributed by atoms with van der Waals surface area (Å²) in [5.74, 6) is 0.562. The fourth-order valence-corrected chi connectivity index (χ4v) is 4.88. The third-order valence-electron chi connectivity index (χ3n) is 4.18. The number of nitrogens with zero attached hydrogens (tertiary/aromatic N) is 2. The molecule has 0 atom stereocenters. The molecule has 0 unspecified atom stereocenters. The summed E-state index contributed by atoms with van der Waals surface area (Å²) in [6.07, 6.45) is 3.16. The number of hydrogen-bond acceptors (Lipinski definition) is 5. The number of ether oxygens (including phenoxy) is 1. The number of sulfonamides is 1. The molecule has 0 radical (unpaired) electrons. The van der Waals surface area contributed by atoms with E-state index in [0.717, 1.165) is 19.4 Å². The number of fused-ring (bicyclic) bond motifs is 1. The Hall–Kier alpha value is -1.12. The van der Waals surface area contributed by atoms with Crippen LogP contribution in [0.4, 0.5) is 0 Å². The molecule has 2 aromatic rings. The molecule has 1 N–H and O–H groups in total. The highest BCUT2D eigenvalue weighted by Crippen LogP contribution is 2.36. The second kappa shape index (κ2) is 9.19. The van der Waals surface area contributed by atoms with Crippen LogP contribution in [0.15, 0.2) is 29.3 Å². The van der Waals surface area contributed by atoms with Crippen molar-refractivity contribution in [2.45, 2.75) is 24.7 Å². The number of benzene rings is 1. The zero-order valence-corrected chi connectivity index (χ0v) is 17.0. The summed E-state index contributed by atoms with van der Waals surface area (Å²) in [7, 11) is -3.61. The summed E-state index contributed by atoms with van der Waals surface area (Å²) in [4.78, 5) is 4.34. The number of hydrogen-bond donors (Lipinski definition) is 1. The number of aromatic nitrogens is 1. The first-order valence-corrected chi connectivity index (χ1v) is 10.3. The molecule has 0 bridgehead atoms. The highest BCUT2D eigenvalue weighted by atomic mass is 35.5. The first-order valence-electron chi connectivity index (χ1n) is 8.46. The zero-order valence-electron chi connectivity index (χ0n) is 14.6. The lowest BCUT2D eigenvalue weighted by atomic mass is 10.1. The first-order chi connectivity index (χ1) is 12.1. The van der Waals surface area contributed by atoms with E-state index in [1.54, 1.807) is 18.2 Å². The molecule has 144 valence electrons. The van der Waals surface area contributed by atoms with Crippen molar-refractivity contribution < 1.29 is 13.2 Å². The van der Waals surface area contributed by atoms with Gasteiger partial charge in [-0.2, -0.15) is 4.31 Å². The van der Waals surface area contributed by atoms with Crippen LogP contribution < -0.4 is 10.1 Å². The lowest BCUT2D eigenvalue weighted by molar-refractivity contribution is 0.321. The van der Waals surface area contributed by atoms with E-state index in [2.05, 4.69) is 10.3 Å². The van der Waals surface area contributed by atoms with Crippen molar-refractivity contribution in [3.63, 3.8) is 0 Å². The van der Waals surface area contributed by atoms with Gasteiger partial charge in [0.25, 0.3) is 0 Å². The smallest absolute Gasteiger partial charge is 0.243 e. The Bertz CT molecular complexity index is 854. The van der Waals surface area contributed by atoms with E-state index in [1.807, 2.05) is 6.92 Å². The molecular formula is C17H23Cl2N3O3S. The molecular weight excluding hydrogens is 397 g/mol. The topological polar surface area (TPSA) is 71.5 Å². The fourth-order valence-electron chi connectivity index (χ4n) is 2.96. The van der Waals surface area contributed by atoms with Crippen molar-refractivity contribution in [2.24, 2.45) is 0 Å². The summed E-state index contributed by atoms with van der Waals surface area (Å²) in [5, 5.41) is 4.57. The van der Waals surface area contributed by atoms with Crippen LogP contribution in [0.5, 0.6) is 5.75 Å². The third kappa shape index (κ3) is 4.23. The highest BCUT2D eigenvalue weighted by molar-refractivity contribution is 7.89. The van der Waals surface area contributed by atoms with Gasteiger partial charge in [0.2, 0.25) is 10.0 Å². The van der Waals surface area contributed by atoms with Crippen molar-refractivity contribution in [2.75, 3.05) is 32.8 Å². The monoisotopic (exact) mass is 419 g/mol. The summed E-state index contributed by atoms with van der Waals surface area (Å²) in [6, 6.07) is 4.97. The van der Waals surface area contributed by atoms with Gasteiger partial charge in [-0.25, -0.2) is 13.4 Å². The Morgan fingerprint density at radius 1 is 1.27 bits per heavy atom. The molecule has 0 saturated carbocycles. The summed E-state index contributed by atoms with van der Waals surface area (Å²) in [5.41, 5.74) is 0. The van der Waals surface area contributed by atoms with E-state index in [4.69, 9.17) is 16.3 Å². The predicted octanol–water partition coefficient (Wildman–Crippen LogP) is 3.08. The van der Waals surface area contributed by atoms with Crippen molar-refractivity contribution in [1.29, 1.82) is 0 Å². The lowest BCUT2D eigenvalue weighted by Gasteiger charge is -2.21. The average Bonchev–Trinajstić information content (AvgIpc) is 2.89. The molecule has 2 heterocycles. The number of nitrogens with one attached hydrogen (secondary N) is 1. The van der Waals surface area contributed by atoms with Gasteiger partial charge in [0, 0.05) is 31.2 Å². The number of rotatable bonds is 5. The molecule has 9 heteroatoms. The Kier molecular flexibility index (Phi) is 7.49. The van der Waals surface area contributed by atoms with Crippen molar-refractivity contribution in [3.05, 3.63) is 29.5 Å². The van der Waals surface area contributed by atoms with Gasteiger partial charge in [0.1, 0.15) is 10.9 Å². The van der Waals surface area contributed by atoms with E-state index >= 15 is 0 Å². The molecule has 0 aliphatic carbocycles. The van der Waals surface area contributed by atoms with Crippen molar-refractivity contribution >= 4 is 44.8 Å². The molecule has 0 spiro atoms. The molecule has 3 rings (SSSR count). The third-order valence-corrected chi connectivity index (χ3v) is 6.42. The molecule has 1 aliphatic rings. The van der Waals surface area contributed by atoms with Crippen LogP contribution in [0, 0.1) is 0 Å². The van der Waals surface area contributed by atoms with Crippen LogP contribution in [0.3, 0.4) is 0 Å². The average molecular weight is 420 g/mol. The van der Waals surface area contributed by atoms with Crippen LogP contribution in [-0.2, 0) is 10.0 Å². The predicted molar refractivity (Wildman–Crippen MR) is 106 cm³/mol. The summed E-state index contributed by atoms with van der Waals surface area (Å²) < 4.78 is 33.6. The van der Waals surface area contributed by atoms with E-state index in [9.17, 15) is 8.42 Å². The van der Waals surface area contributed by atoms with Crippen LogP contribution in [0.2, 0.25) is 5.15 Å². The standard InChI is InChI=1S/C17H22ClN3O3S.ClH/c1-2-12-24-14-4-5-15(13-6-8-20-17(18)16(13)14)25(22,23)21-10-3-7-19-9-11-21;/h4-6,8,19H,2-3,7,9-12H2,1H3;1H. The molecule has 6 nitrogen and oxygen atoms in total. The van der Waals surface area contributed by atoms with E-state index in [0.29, 0.717) is 42.8 Å². The number of pyridine rings is 1. The molecule has 26 heavy (non-hydrogen) atoms. The van der Waals surface area contributed by atoms with E-state index < -0.39 is 10.0 Å². The highest BCUT2D eigenvalue weighted by Gasteiger charge is 2.28. The minimum Gasteiger partial charge on any atom is -0.493 e. The van der Waals surface area contributed by atoms with Crippen LogP contribution in [-0.4, -0.2) is 50.5 Å². The Balaban J connectivity index is 0.00000243. The Morgan fingerprint density at radius 2 is 2.08 bits per heavy atom. The normalized spacial score (nSPS) is 16.1. The Morgan fingerprint density at radius 3 is 2.85 bits per heavy atom. The van der Waals surface area contributed by atoms with Gasteiger partial charge in [0.15, 0.2) is 0 Å². The van der Waals surface area contributed by atoms with Crippen molar-refractivity contribution in [1.82, 2.24) is 14.6 Å². The maximum atomic E-state index is 13.2. The van der Waals surface area contributed by atoms with Crippen LogP contribution in [0.1, 0.15) is 19.8 Å². The second-order valence-electron chi connectivity index (χ2n) is 5.94. The molecule has 1 saturated heterocycles. The largest absolute Gasteiger partial charge is 0.493 e. The number of halogens is 2. The zero-order chi connectivity index (χ0) is 17.9. The van der Waals surface area contributed by atoms with Gasteiger partial charge in [-0.3, -0.25) is 0 Å². The first kappa shape index (κ1) is 21.2. The maximum Gasteiger partial charge on any atom is 0.243 e. The van der Waals surface area contributed by atoms with Gasteiger partial charge < -0.3 is 10.1 Å². The minimum atomic E-state index is -3.61. The van der Waals surface area contributed by atoms with E-state index in [1.165, 1.54) is 10.5 Å². The maximum absolute atomic E-state index is 13.2.